The van der Waals surface area contributed by atoms with Gasteiger partial charge in [0, 0.05) is 12.6 Å². The van der Waals surface area contributed by atoms with Crippen LogP contribution in [0.2, 0.25) is 0 Å². The zero-order chi connectivity index (χ0) is 22.4. The molecule has 3 N–H and O–H groups in total. The Kier molecular flexibility index (Phi) is 7.66. The number of anilines is 1. The summed E-state index contributed by atoms with van der Waals surface area (Å²) in [5, 5.41) is 13.0. The summed E-state index contributed by atoms with van der Waals surface area (Å²) in [6, 6.07) is 13.8. The van der Waals surface area contributed by atoms with Crippen LogP contribution in [0.25, 0.3) is 0 Å². The van der Waals surface area contributed by atoms with Gasteiger partial charge >= 0.3 is 0 Å². The molecule has 1 aliphatic rings. The predicted octanol–water partition coefficient (Wildman–Crippen LogP) is 0.283. The summed E-state index contributed by atoms with van der Waals surface area (Å²) >= 11 is 0. The Morgan fingerprint density at radius 3 is 2.32 bits per heavy atom. The molecule has 9 heteroatoms. The van der Waals surface area contributed by atoms with E-state index >= 15 is 0 Å². The first-order valence-corrected chi connectivity index (χ1v) is 11.8. The van der Waals surface area contributed by atoms with Crippen LogP contribution in [-0.2, 0) is 14.8 Å². The number of rotatable bonds is 8. The van der Waals surface area contributed by atoms with Gasteiger partial charge in [-0.25, -0.2) is 8.42 Å². The SMILES string of the molecule is CC(=O)Nc1ccc(OC[C@H](O)C[NH+]2CCN(S(=O)(=O)c3ccc(C)cc3)CC2)cc1. The molecule has 8 nitrogen and oxygen atoms in total. The molecule has 0 aromatic heterocycles. The lowest BCUT2D eigenvalue weighted by Gasteiger charge is -2.32. The number of aliphatic hydroxyl groups excluding tert-OH is 1. The third-order valence-corrected chi connectivity index (χ3v) is 7.14. The summed E-state index contributed by atoms with van der Waals surface area (Å²) < 4.78 is 32.7. The number of aliphatic hydroxyl groups is 1. The topological polar surface area (TPSA) is 100 Å². The molecule has 0 spiro atoms. The van der Waals surface area contributed by atoms with Crippen LogP contribution in [-0.4, -0.2) is 69.2 Å². The number of sulfonamides is 1. The van der Waals surface area contributed by atoms with Crippen molar-refractivity contribution in [3.63, 3.8) is 0 Å². The molecule has 1 aliphatic heterocycles. The van der Waals surface area contributed by atoms with Crippen LogP contribution < -0.4 is 15.0 Å². The molecule has 1 fully saturated rings. The van der Waals surface area contributed by atoms with Crippen molar-refractivity contribution in [2.45, 2.75) is 24.8 Å². The van der Waals surface area contributed by atoms with E-state index in [-0.39, 0.29) is 12.5 Å². The van der Waals surface area contributed by atoms with Crippen molar-refractivity contribution in [3.8, 4) is 5.75 Å². The Morgan fingerprint density at radius 2 is 1.74 bits per heavy atom. The predicted molar refractivity (Wildman–Crippen MR) is 118 cm³/mol. The van der Waals surface area contributed by atoms with E-state index in [4.69, 9.17) is 4.74 Å². The highest BCUT2D eigenvalue weighted by Crippen LogP contribution is 2.17. The van der Waals surface area contributed by atoms with Gasteiger partial charge in [-0.05, 0) is 43.3 Å². The molecule has 0 unspecified atom stereocenters. The Hall–Kier alpha value is -2.46. The summed E-state index contributed by atoms with van der Waals surface area (Å²) in [5.74, 6) is 0.469. The lowest BCUT2D eigenvalue weighted by atomic mass is 10.2. The number of quaternary nitrogens is 1. The van der Waals surface area contributed by atoms with Gasteiger partial charge in [-0.3, -0.25) is 4.79 Å². The first-order valence-electron chi connectivity index (χ1n) is 10.3. The number of amides is 1. The molecular weight excluding hydrogens is 418 g/mol. The van der Waals surface area contributed by atoms with Gasteiger partial charge in [0.05, 0.1) is 31.1 Å². The minimum Gasteiger partial charge on any atom is -0.491 e. The second-order valence-electron chi connectivity index (χ2n) is 7.84. The number of nitrogens with one attached hydrogen (secondary N) is 2. The van der Waals surface area contributed by atoms with Crippen LogP contribution in [0.15, 0.2) is 53.4 Å². The minimum absolute atomic E-state index is 0.140. The Bertz CT molecular complexity index is 969. The van der Waals surface area contributed by atoms with Crippen molar-refractivity contribution in [3.05, 3.63) is 54.1 Å². The molecular formula is C22H30N3O5S+. The molecule has 3 rings (SSSR count). The molecule has 1 atom stereocenters. The molecule has 0 radical (unpaired) electrons. The van der Waals surface area contributed by atoms with Gasteiger partial charge in [0.15, 0.2) is 0 Å². The van der Waals surface area contributed by atoms with E-state index < -0.39 is 16.1 Å². The van der Waals surface area contributed by atoms with Crippen LogP contribution in [0.1, 0.15) is 12.5 Å². The van der Waals surface area contributed by atoms with Gasteiger partial charge in [0.1, 0.15) is 25.0 Å². The van der Waals surface area contributed by atoms with E-state index in [1.807, 2.05) is 6.92 Å². The normalized spacial score (nSPS) is 16.6. The maximum Gasteiger partial charge on any atom is 0.243 e. The zero-order valence-corrected chi connectivity index (χ0v) is 18.7. The first-order chi connectivity index (χ1) is 14.7. The van der Waals surface area contributed by atoms with E-state index in [9.17, 15) is 18.3 Å². The number of hydrogen-bond acceptors (Lipinski definition) is 5. The summed E-state index contributed by atoms with van der Waals surface area (Å²) in [6.07, 6.45) is -0.662. The lowest BCUT2D eigenvalue weighted by molar-refractivity contribution is -0.906. The molecule has 1 saturated heterocycles. The van der Waals surface area contributed by atoms with Crippen molar-refractivity contribution in [1.82, 2.24) is 4.31 Å². The first kappa shape index (κ1) is 23.2. The van der Waals surface area contributed by atoms with Crippen LogP contribution in [0.3, 0.4) is 0 Å². The fourth-order valence-corrected chi connectivity index (χ4v) is 4.97. The molecule has 1 amide bonds. The number of carbonyl (C=O) groups excluding carboxylic acids is 1. The van der Waals surface area contributed by atoms with Crippen LogP contribution in [0.4, 0.5) is 5.69 Å². The Balaban J connectivity index is 1.44. The number of ether oxygens (including phenoxy) is 1. The van der Waals surface area contributed by atoms with E-state index in [0.717, 1.165) is 10.5 Å². The number of benzene rings is 2. The molecule has 0 saturated carbocycles. The smallest absolute Gasteiger partial charge is 0.243 e. The monoisotopic (exact) mass is 448 g/mol. The van der Waals surface area contributed by atoms with E-state index in [1.54, 1.807) is 48.5 Å². The average Bonchev–Trinajstić information content (AvgIpc) is 2.73. The summed E-state index contributed by atoms with van der Waals surface area (Å²) in [6.45, 7) is 6.11. The minimum atomic E-state index is -3.48. The molecule has 1 heterocycles. The number of aryl methyl sites for hydroxylation is 1. The van der Waals surface area contributed by atoms with Gasteiger partial charge in [-0.15, -0.1) is 0 Å². The fourth-order valence-electron chi connectivity index (χ4n) is 3.53. The van der Waals surface area contributed by atoms with Gasteiger partial charge in [-0.1, -0.05) is 17.7 Å². The average molecular weight is 449 g/mol. The quantitative estimate of drug-likeness (QED) is 0.539. The maximum atomic E-state index is 12.8. The molecule has 168 valence electrons. The molecule has 31 heavy (non-hydrogen) atoms. The van der Waals surface area contributed by atoms with Crippen molar-refractivity contribution in [1.29, 1.82) is 0 Å². The van der Waals surface area contributed by atoms with Crippen LogP contribution in [0, 0.1) is 6.92 Å². The Morgan fingerprint density at radius 1 is 1.13 bits per heavy atom. The van der Waals surface area contributed by atoms with Gasteiger partial charge in [0.25, 0.3) is 0 Å². The third-order valence-electron chi connectivity index (χ3n) is 5.23. The highest BCUT2D eigenvalue weighted by molar-refractivity contribution is 7.89. The highest BCUT2D eigenvalue weighted by Gasteiger charge is 2.31. The zero-order valence-electron chi connectivity index (χ0n) is 17.9. The fraction of sp³-hybridized carbons (Fsp3) is 0.409. The van der Waals surface area contributed by atoms with Crippen molar-refractivity contribution in [2.75, 3.05) is 44.6 Å². The summed E-state index contributed by atoms with van der Waals surface area (Å²) in [7, 11) is -3.48. The number of carbonyl (C=O) groups is 1. The van der Waals surface area contributed by atoms with Crippen LogP contribution >= 0.6 is 0 Å². The number of nitrogens with zero attached hydrogens (tertiary/aromatic N) is 1. The number of hydrogen-bond donors (Lipinski definition) is 3. The molecule has 2 aromatic carbocycles. The van der Waals surface area contributed by atoms with Gasteiger partial charge in [0.2, 0.25) is 15.9 Å². The standard InChI is InChI=1S/C22H29N3O5S/c1-17-3-9-22(10-4-17)31(28,29)25-13-11-24(12-14-25)15-20(27)16-30-21-7-5-19(6-8-21)23-18(2)26/h3-10,20,27H,11-16H2,1-2H3,(H,23,26)/p+1/t20-/m1/s1. The summed E-state index contributed by atoms with van der Waals surface area (Å²) in [4.78, 5) is 12.5. The van der Waals surface area contributed by atoms with Crippen molar-refractivity contribution in [2.24, 2.45) is 0 Å². The van der Waals surface area contributed by atoms with E-state index in [1.165, 1.54) is 11.2 Å². The van der Waals surface area contributed by atoms with E-state index in [2.05, 4.69) is 5.32 Å². The third kappa shape index (κ3) is 6.51. The van der Waals surface area contributed by atoms with Gasteiger partial charge < -0.3 is 20.1 Å². The largest absolute Gasteiger partial charge is 0.491 e. The van der Waals surface area contributed by atoms with E-state index in [0.29, 0.717) is 49.1 Å². The molecule has 0 aliphatic carbocycles. The lowest BCUT2D eigenvalue weighted by Crippen LogP contribution is -3.15. The highest BCUT2D eigenvalue weighted by atomic mass is 32.2. The second kappa shape index (κ2) is 10.2. The number of piperazine rings is 1. The maximum absolute atomic E-state index is 12.8. The molecule has 0 bridgehead atoms. The second-order valence-corrected chi connectivity index (χ2v) is 9.78. The van der Waals surface area contributed by atoms with Gasteiger partial charge in [-0.2, -0.15) is 4.31 Å². The van der Waals surface area contributed by atoms with Crippen LogP contribution in [0.5, 0.6) is 5.75 Å². The molecule has 2 aromatic rings. The van der Waals surface area contributed by atoms with Crippen molar-refractivity contribution < 1.29 is 28.0 Å². The Labute approximate surface area is 183 Å². The van der Waals surface area contributed by atoms with Crippen molar-refractivity contribution >= 4 is 21.6 Å². The summed E-state index contributed by atoms with van der Waals surface area (Å²) in [5.41, 5.74) is 1.70.